The lowest BCUT2D eigenvalue weighted by molar-refractivity contribution is 0.0954. The van der Waals surface area contributed by atoms with Crippen molar-refractivity contribution in [1.82, 2.24) is 5.43 Å². The van der Waals surface area contributed by atoms with Crippen LogP contribution in [-0.2, 0) is 6.61 Å². The van der Waals surface area contributed by atoms with Crippen molar-refractivity contribution in [1.29, 1.82) is 0 Å². The molecule has 3 rings (SSSR count). The Bertz CT molecular complexity index is 1220. The minimum absolute atomic E-state index is 0.298. The highest BCUT2D eigenvalue weighted by atomic mass is 35.5. The molecule has 1 amide bonds. The number of hydrogen-bond donors (Lipinski definition) is 1. The van der Waals surface area contributed by atoms with Gasteiger partial charge in [0, 0.05) is 10.6 Å². The fraction of sp³-hybridized carbons (Fsp3) is 0.286. The molecule has 3 aromatic rings. The van der Waals surface area contributed by atoms with Crippen LogP contribution in [0.1, 0.15) is 48.7 Å². The highest BCUT2D eigenvalue weighted by Crippen LogP contribution is 2.37. The first-order valence-corrected chi connectivity index (χ1v) is 12.8. The molecule has 9 heteroatoms. The number of ether oxygens (including phenoxy) is 4. The second kappa shape index (κ2) is 14.4. The van der Waals surface area contributed by atoms with Gasteiger partial charge in [-0.25, -0.2) is 5.43 Å². The molecule has 0 saturated heterocycles. The van der Waals surface area contributed by atoms with E-state index in [1.807, 2.05) is 32.9 Å². The molecule has 0 saturated carbocycles. The van der Waals surface area contributed by atoms with Crippen molar-refractivity contribution in [3.63, 3.8) is 0 Å². The first-order chi connectivity index (χ1) is 17.9. The third kappa shape index (κ3) is 8.30. The fourth-order valence-corrected chi connectivity index (χ4v) is 3.68. The fourth-order valence-electron chi connectivity index (χ4n) is 3.28. The van der Waals surface area contributed by atoms with Gasteiger partial charge in [-0.05, 0) is 73.9 Å². The molecule has 7 nitrogen and oxygen atoms in total. The zero-order valence-electron chi connectivity index (χ0n) is 21.1. The van der Waals surface area contributed by atoms with Gasteiger partial charge in [-0.3, -0.25) is 4.79 Å². The number of nitrogens with one attached hydrogen (secondary N) is 1. The Morgan fingerprint density at radius 2 is 1.59 bits per heavy atom. The maximum Gasteiger partial charge on any atom is 0.271 e. The van der Waals surface area contributed by atoms with Crippen molar-refractivity contribution in [3.8, 4) is 23.0 Å². The number of amides is 1. The number of carbonyl (C=O) groups excluding carboxylic acids is 1. The van der Waals surface area contributed by atoms with Gasteiger partial charge >= 0.3 is 0 Å². The van der Waals surface area contributed by atoms with Gasteiger partial charge in [-0.2, -0.15) is 5.10 Å². The summed E-state index contributed by atoms with van der Waals surface area (Å²) in [7, 11) is 0. The van der Waals surface area contributed by atoms with Crippen LogP contribution in [0.2, 0.25) is 10.0 Å². The highest BCUT2D eigenvalue weighted by Gasteiger charge is 2.14. The van der Waals surface area contributed by atoms with Gasteiger partial charge in [0.1, 0.15) is 6.61 Å². The standard InChI is InChI=1S/C28H30Cl2N2O5/c1-4-13-36-24-12-9-21(16-25(24)34-5-2)28(33)32-31-17-20-14-23(30)27(26(15-20)35-6-3)37-18-19-7-10-22(29)11-8-19/h7-12,14-17H,4-6,13,18H2,1-3H3,(H,32,33)/b31-17+. The Kier molecular flexibility index (Phi) is 10.9. The molecule has 0 unspecified atom stereocenters. The Hall–Kier alpha value is -3.42. The first-order valence-electron chi connectivity index (χ1n) is 12.0. The van der Waals surface area contributed by atoms with E-state index in [4.69, 9.17) is 42.1 Å². The van der Waals surface area contributed by atoms with Crippen molar-refractivity contribution in [2.24, 2.45) is 5.10 Å². The minimum atomic E-state index is -0.390. The predicted octanol–water partition coefficient (Wildman–Crippen LogP) is 6.92. The van der Waals surface area contributed by atoms with E-state index in [-0.39, 0.29) is 0 Å². The minimum Gasteiger partial charge on any atom is -0.490 e. The molecule has 0 fully saturated rings. The van der Waals surface area contributed by atoms with Crippen LogP contribution >= 0.6 is 23.2 Å². The molecule has 0 aliphatic carbocycles. The van der Waals surface area contributed by atoms with Crippen molar-refractivity contribution in [2.45, 2.75) is 33.8 Å². The maximum absolute atomic E-state index is 12.6. The molecular formula is C28H30Cl2N2O5. The summed E-state index contributed by atoms with van der Waals surface area (Å²) in [5.74, 6) is 1.61. The molecule has 3 aromatic carbocycles. The number of rotatable bonds is 13. The highest BCUT2D eigenvalue weighted by molar-refractivity contribution is 6.32. The zero-order valence-corrected chi connectivity index (χ0v) is 22.6. The lowest BCUT2D eigenvalue weighted by Gasteiger charge is -2.14. The number of hydrogen-bond acceptors (Lipinski definition) is 6. The third-order valence-corrected chi connectivity index (χ3v) is 5.51. The summed E-state index contributed by atoms with van der Waals surface area (Å²) >= 11 is 12.4. The van der Waals surface area contributed by atoms with Crippen LogP contribution < -0.4 is 24.4 Å². The zero-order chi connectivity index (χ0) is 26.6. The Labute approximate surface area is 227 Å². The van der Waals surface area contributed by atoms with Gasteiger partial charge in [-0.1, -0.05) is 42.3 Å². The Morgan fingerprint density at radius 3 is 2.30 bits per heavy atom. The van der Waals surface area contributed by atoms with E-state index in [1.165, 1.54) is 6.21 Å². The molecule has 0 heterocycles. The van der Waals surface area contributed by atoms with Gasteiger partial charge < -0.3 is 18.9 Å². The van der Waals surface area contributed by atoms with Crippen LogP contribution in [0.4, 0.5) is 0 Å². The molecule has 0 aromatic heterocycles. The molecule has 0 spiro atoms. The van der Waals surface area contributed by atoms with E-state index in [9.17, 15) is 4.79 Å². The molecule has 1 N–H and O–H groups in total. The van der Waals surface area contributed by atoms with E-state index in [1.54, 1.807) is 42.5 Å². The smallest absolute Gasteiger partial charge is 0.271 e. The Balaban J connectivity index is 1.70. The van der Waals surface area contributed by atoms with Crippen LogP contribution in [0.15, 0.2) is 59.7 Å². The number of hydrazone groups is 1. The van der Waals surface area contributed by atoms with Crippen molar-refractivity contribution >= 4 is 35.3 Å². The van der Waals surface area contributed by atoms with Crippen LogP contribution in [0.3, 0.4) is 0 Å². The van der Waals surface area contributed by atoms with Crippen molar-refractivity contribution in [3.05, 3.63) is 81.3 Å². The van der Waals surface area contributed by atoms with Gasteiger partial charge in [0.05, 0.1) is 31.1 Å². The van der Waals surface area contributed by atoms with E-state index in [2.05, 4.69) is 10.5 Å². The van der Waals surface area contributed by atoms with Gasteiger partial charge in [0.25, 0.3) is 5.91 Å². The maximum atomic E-state index is 12.6. The second-order valence-corrected chi connectivity index (χ2v) is 8.66. The summed E-state index contributed by atoms with van der Waals surface area (Å²) in [4.78, 5) is 12.6. The normalized spacial score (nSPS) is 10.8. The van der Waals surface area contributed by atoms with Crippen molar-refractivity contribution < 1.29 is 23.7 Å². The molecule has 0 bridgehead atoms. The number of halogens is 2. The van der Waals surface area contributed by atoms with Gasteiger partial charge in [0.15, 0.2) is 23.0 Å². The molecule has 0 aliphatic heterocycles. The summed E-state index contributed by atoms with van der Waals surface area (Å²) < 4.78 is 23.0. The van der Waals surface area contributed by atoms with Crippen LogP contribution in [-0.4, -0.2) is 31.9 Å². The van der Waals surface area contributed by atoms with Gasteiger partial charge in [-0.15, -0.1) is 0 Å². The summed E-state index contributed by atoms with van der Waals surface area (Å²) in [5.41, 5.74) is 4.49. The average Bonchev–Trinajstić information content (AvgIpc) is 2.88. The number of nitrogens with zero attached hydrogens (tertiary/aromatic N) is 1. The molecular weight excluding hydrogens is 515 g/mol. The number of carbonyl (C=O) groups is 1. The predicted molar refractivity (Wildman–Crippen MR) is 147 cm³/mol. The van der Waals surface area contributed by atoms with E-state index in [0.29, 0.717) is 70.6 Å². The van der Waals surface area contributed by atoms with Crippen LogP contribution in [0.5, 0.6) is 23.0 Å². The molecule has 0 radical (unpaired) electrons. The van der Waals surface area contributed by atoms with E-state index < -0.39 is 5.91 Å². The number of benzene rings is 3. The lowest BCUT2D eigenvalue weighted by atomic mass is 10.2. The quantitative estimate of drug-likeness (QED) is 0.186. The lowest BCUT2D eigenvalue weighted by Crippen LogP contribution is -2.17. The van der Waals surface area contributed by atoms with Gasteiger partial charge in [0.2, 0.25) is 0 Å². The summed E-state index contributed by atoms with van der Waals surface area (Å²) in [5, 5.41) is 5.09. The third-order valence-electron chi connectivity index (χ3n) is 4.98. The van der Waals surface area contributed by atoms with Crippen LogP contribution in [0.25, 0.3) is 0 Å². The summed E-state index contributed by atoms with van der Waals surface area (Å²) in [6, 6.07) is 15.8. The van der Waals surface area contributed by atoms with Crippen molar-refractivity contribution in [2.75, 3.05) is 19.8 Å². The molecule has 0 aliphatic rings. The summed E-state index contributed by atoms with van der Waals surface area (Å²) in [6.45, 7) is 7.49. The second-order valence-electron chi connectivity index (χ2n) is 7.82. The average molecular weight is 545 g/mol. The SMILES string of the molecule is CCCOc1ccc(C(=O)N/N=C/c2cc(Cl)c(OCc3ccc(Cl)cc3)c(OCC)c2)cc1OCC. The topological polar surface area (TPSA) is 78.4 Å². The Morgan fingerprint density at radius 1 is 0.865 bits per heavy atom. The van der Waals surface area contributed by atoms with E-state index >= 15 is 0 Å². The van der Waals surface area contributed by atoms with Crippen LogP contribution in [0, 0.1) is 0 Å². The summed E-state index contributed by atoms with van der Waals surface area (Å²) in [6.07, 6.45) is 2.35. The molecule has 0 atom stereocenters. The first kappa shape index (κ1) is 28.2. The van der Waals surface area contributed by atoms with E-state index in [0.717, 1.165) is 12.0 Å². The molecule has 196 valence electrons. The largest absolute Gasteiger partial charge is 0.490 e. The molecule has 37 heavy (non-hydrogen) atoms. The monoisotopic (exact) mass is 544 g/mol.